The Labute approximate surface area is 164 Å². The highest BCUT2D eigenvalue weighted by Gasteiger charge is 2.04. The first-order valence-corrected chi connectivity index (χ1v) is 8.88. The zero-order valence-electron chi connectivity index (χ0n) is 15.6. The van der Waals surface area contributed by atoms with E-state index in [2.05, 4.69) is 10.3 Å². The molecule has 0 spiro atoms. The lowest BCUT2D eigenvalue weighted by Crippen LogP contribution is -2.28. The third kappa shape index (κ3) is 6.02. The Hall–Kier alpha value is -3.54. The van der Waals surface area contributed by atoms with Gasteiger partial charge in [-0.2, -0.15) is 0 Å². The molecule has 0 aliphatic carbocycles. The van der Waals surface area contributed by atoms with E-state index in [1.165, 1.54) is 0 Å². The van der Waals surface area contributed by atoms with Crippen molar-refractivity contribution in [2.45, 2.75) is 13.2 Å². The molecule has 6 heteroatoms. The number of methoxy groups -OCH3 is 1. The summed E-state index contributed by atoms with van der Waals surface area (Å²) in [5, 5.41) is 2.83. The highest BCUT2D eigenvalue weighted by Crippen LogP contribution is 2.18. The average molecular weight is 378 g/mol. The second kappa shape index (κ2) is 9.97. The van der Waals surface area contributed by atoms with E-state index in [-0.39, 0.29) is 12.5 Å². The van der Waals surface area contributed by atoms with Gasteiger partial charge in [0.25, 0.3) is 5.91 Å². The van der Waals surface area contributed by atoms with Crippen molar-refractivity contribution in [3.63, 3.8) is 0 Å². The van der Waals surface area contributed by atoms with E-state index in [0.29, 0.717) is 24.7 Å². The van der Waals surface area contributed by atoms with E-state index < -0.39 is 0 Å². The van der Waals surface area contributed by atoms with Gasteiger partial charge in [-0.25, -0.2) is 0 Å². The number of carbonyl (C=O) groups excluding carboxylic acids is 1. The molecule has 144 valence electrons. The van der Waals surface area contributed by atoms with Crippen LogP contribution in [0, 0.1) is 0 Å². The summed E-state index contributed by atoms with van der Waals surface area (Å²) in [6.45, 7) is 0.776. The second-order valence-corrected chi connectivity index (χ2v) is 6.00. The van der Waals surface area contributed by atoms with Crippen LogP contribution in [0.2, 0.25) is 0 Å². The van der Waals surface area contributed by atoms with Gasteiger partial charge in [-0.1, -0.05) is 24.3 Å². The van der Waals surface area contributed by atoms with Crippen LogP contribution in [0.3, 0.4) is 0 Å². The molecule has 3 aromatic rings. The van der Waals surface area contributed by atoms with Gasteiger partial charge < -0.3 is 19.5 Å². The number of hydrogen-bond acceptors (Lipinski definition) is 5. The van der Waals surface area contributed by atoms with Crippen molar-refractivity contribution in [2.75, 3.05) is 13.7 Å². The number of rotatable bonds is 9. The van der Waals surface area contributed by atoms with Gasteiger partial charge in [0.15, 0.2) is 6.61 Å². The summed E-state index contributed by atoms with van der Waals surface area (Å²) in [5.74, 6) is 1.83. The summed E-state index contributed by atoms with van der Waals surface area (Å²) in [7, 11) is 1.58. The maximum absolute atomic E-state index is 12.0. The number of amides is 1. The molecule has 0 aliphatic rings. The molecule has 0 saturated heterocycles. The van der Waals surface area contributed by atoms with Crippen LogP contribution in [0.1, 0.15) is 11.3 Å². The smallest absolute Gasteiger partial charge is 0.258 e. The molecule has 1 N–H and O–H groups in total. The molecule has 2 aromatic carbocycles. The molecule has 0 radical (unpaired) electrons. The number of ether oxygens (including phenoxy) is 3. The third-order valence-electron chi connectivity index (χ3n) is 3.94. The van der Waals surface area contributed by atoms with Crippen LogP contribution in [0.25, 0.3) is 0 Å². The molecule has 0 atom stereocenters. The first-order valence-electron chi connectivity index (χ1n) is 8.88. The molecule has 0 saturated carbocycles. The van der Waals surface area contributed by atoms with Crippen LogP contribution < -0.4 is 19.5 Å². The van der Waals surface area contributed by atoms with Gasteiger partial charge in [0.05, 0.1) is 12.8 Å². The molecule has 1 aromatic heterocycles. The first kappa shape index (κ1) is 19.2. The molecule has 6 nitrogen and oxygen atoms in total. The molecule has 0 fully saturated rings. The minimum Gasteiger partial charge on any atom is -0.497 e. The van der Waals surface area contributed by atoms with Crippen molar-refractivity contribution in [2.24, 2.45) is 0 Å². The normalized spacial score (nSPS) is 10.2. The quantitative estimate of drug-likeness (QED) is 0.618. The summed E-state index contributed by atoms with van der Waals surface area (Å²) in [4.78, 5) is 16.2. The highest BCUT2D eigenvalue weighted by molar-refractivity contribution is 5.77. The minimum atomic E-state index is -0.196. The van der Waals surface area contributed by atoms with Gasteiger partial charge in [-0.15, -0.1) is 0 Å². The topological polar surface area (TPSA) is 69.7 Å². The van der Waals surface area contributed by atoms with Crippen LogP contribution >= 0.6 is 0 Å². The maximum Gasteiger partial charge on any atom is 0.258 e. The Balaban J connectivity index is 1.40. The van der Waals surface area contributed by atoms with E-state index in [0.717, 1.165) is 17.0 Å². The second-order valence-electron chi connectivity index (χ2n) is 6.00. The van der Waals surface area contributed by atoms with Crippen molar-refractivity contribution in [3.8, 4) is 17.2 Å². The fourth-order valence-electron chi connectivity index (χ4n) is 2.44. The molecule has 1 heterocycles. The molecule has 0 bridgehead atoms. The van der Waals surface area contributed by atoms with Crippen LogP contribution in [-0.2, 0) is 17.9 Å². The molecule has 28 heavy (non-hydrogen) atoms. The monoisotopic (exact) mass is 378 g/mol. The van der Waals surface area contributed by atoms with Crippen molar-refractivity contribution >= 4 is 5.91 Å². The van der Waals surface area contributed by atoms with E-state index in [1.807, 2.05) is 54.6 Å². The fourth-order valence-corrected chi connectivity index (χ4v) is 2.44. The Morgan fingerprint density at radius 3 is 2.50 bits per heavy atom. The van der Waals surface area contributed by atoms with Gasteiger partial charge in [0, 0.05) is 18.8 Å². The predicted octanol–water partition coefficient (Wildman–Crippen LogP) is 3.36. The van der Waals surface area contributed by atoms with Crippen molar-refractivity contribution < 1.29 is 19.0 Å². The van der Waals surface area contributed by atoms with Gasteiger partial charge in [-0.05, 0) is 42.0 Å². The molecule has 0 unspecified atom stereocenters. The Morgan fingerprint density at radius 2 is 1.75 bits per heavy atom. The lowest BCUT2D eigenvalue weighted by Gasteiger charge is -2.09. The number of benzene rings is 2. The SMILES string of the molecule is COc1cccc(OCC(=O)NCc2ccc(OCc3ccccn3)cc2)c1. The lowest BCUT2D eigenvalue weighted by atomic mass is 10.2. The Morgan fingerprint density at radius 1 is 0.929 bits per heavy atom. The number of pyridine rings is 1. The molecular formula is C22H22N2O4. The van der Waals surface area contributed by atoms with Crippen molar-refractivity contribution in [1.82, 2.24) is 10.3 Å². The van der Waals surface area contributed by atoms with Gasteiger partial charge in [0.1, 0.15) is 23.9 Å². The van der Waals surface area contributed by atoms with Crippen LogP contribution in [0.4, 0.5) is 0 Å². The van der Waals surface area contributed by atoms with Crippen LogP contribution in [0.5, 0.6) is 17.2 Å². The number of aromatic nitrogens is 1. The maximum atomic E-state index is 12.0. The summed E-state index contributed by atoms with van der Waals surface area (Å²) >= 11 is 0. The average Bonchev–Trinajstić information content (AvgIpc) is 2.76. The number of carbonyl (C=O) groups is 1. The first-order chi connectivity index (χ1) is 13.7. The number of hydrogen-bond donors (Lipinski definition) is 1. The van der Waals surface area contributed by atoms with Crippen LogP contribution in [-0.4, -0.2) is 24.6 Å². The lowest BCUT2D eigenvalue weighted by molar-refractivity contribution is -0.123. The van der Waals surface area contributed by atoms with Gasteiger partial charge in [-0.3, -0.25) is 9.78 Å². The highest BCUT2D eigenvalue weighted by atomic mass is 16.5. The largest absolute Gasteiger partial charge is 0.497 e. The molecule has 0 aliphatic heterocycles. The Kier molecular flexibility index (Phi) is 6.84. The predicted molar refractivity (Wildman–Crippen MR) is 105 cm³/mol. The van der Waals surface area contributed by atoms with Crippen molar-refractivity contribution in [1.29, 1.82) is 0 Å². The number of nitrogens with zero attached hydrogens (tertiary/aromatic N) is 1. The zero-order valence-corrected chi connectivity index (χ0v) is 15.6. The van der Waals surface area contributed by atoms with Gasteiger partial charge in [0.2, 0.25) is 0 Å². The number of nitrogens with one attached hydrogen (secondary N) is 1. The third-order valence-corrected chi connectivity index (χ3v) is 3.94. The summed E-state index contributed by atoms with van der Waals surface area (Å²) < 4.78 is 16.3. The van der Waals surface area contributed by atoms with Crippen molar-refractivity contribution in [3.05, 3.63) is 84.2 Å². The summed E-state index contributed by atoms with van der Waals surface area (Å²) in [6, 6.07) is 20.4. The van der Waals surface area contributed by atoms with E-state index in [9.17, 15) is 4.79 Å². The zero-order chi connectivity index (χ0) is 19.6. The molecule has 1 amide bonds. The van der Waals surface area contributed by atoms with E-state index in [1.54, 1.807) is 25.4 Å². The van der Waals surface area contributed by atoms with Crippen LogP contribution in [0.15, 0.2) is 72.9 Å². The van der Waals surface area contributed by atoms with E-state index in [4.69, 9.17) is 14.2 Å². The fraction of sp³-hybridized carbons (Fsp3) is 0.182. The summed E-state index contributed by atoms with van der Waals surface area (Å²) in [6.07, 6.45) is 1.74. The summed E-state index contributed by atoms with van der Waals surface area (Å²) in [5.41, 5.74) is 1.84. The standard InChI is InChI=1S/C22H22N2O4/c1-26-20-6-4-7-21(13-20)28-16-22(25)24-14-17-8-10-19(11-9-17)27-15-18-5-2-3-12-23-18/h2-13H,14-16H2,1H3,(H,24,25). The van der Waals surface area contributed by atoms with E-state index >= 15 is 0 Å². The Bertz CT molecular complexity index is 883. The minimum absolute atomic E-state index is 0.0571. The molecular weight excluding hydrogens is 356 g/mol. The van der Waals surface area contributed by atoms with Gasteiger partial charge >= 0.3 is 0 Å². The molecule has 3 rings (SSSR count).